The van der Waals surface area contributed by atoms with Gasteiger partial charge in [0.25, 0.3) is 5.91 Å². The smallest absolute Gasteiger partial charge is 0.251 e. The molecule has 4 aromatic rings. The second-order valence-electron chi connectivity index (χ2n) is 6.79. The Morgan fingerprint density at radius 2 is 2.11 bits per heavy atom. The molecule has 1 amide bonds. The molecule has 1 aromatic carbocycles. The molecule has 0 radical (unpaired) electrons. The second kappa shape index (κ2) is 7.19. The van der Waals surface area contributed by atoms with Gasteiger partial charge in [0.1, 0.15) is 11.3 Å². The first-order chi connectivity index (χ1) is 13.1. The van der Waals surface area contributed by atoms with E-state index in [-0.39, 0.29) is 11.8 Å². The van der Waals surface area contributed by atoms with Crippen LogP contribution >= 0.6 is 0 Å². The number of benzene rings is 1. The number of nitrogens with one attached hydrogen (secondary N) is 1. The third-order valence-electron chi connectivity index (χ3n) is 4.41. The molecule has 0 aliphatic heterocycles. The van der Waals surface area contributed by atoms with Crippen LogP contribution in [0.4, 0.5) is 0 Å². The molecule has 0 unspecified atom stereocenters. The fourth-order valence-corrected chi connectivity index (χ4v) is 2.95. The number of rotatable bonds is 6. The molecule has 0 saturated heterocycles. The van der Waals surface area contributed by atoms with Gasteiger partial charge in [-0.1, -0.05) is 19.9 Å². The Bertz CT molecular complexity index is 1100. The summed E-state index contributed by atoms with van der Waals surface area (Å²) in [5.41, 5.74) is 2.83. The van der Waals surface area contributed by atoms with Gasteiger partial charge < -0.3 is 9.73 Å². The number of nitrogens with zero attached hydrogens (tertiary/aromatic N) is 4. The van der Waals surface area contributed by atoms with Crippen LogP contribution in [0.3, 0.4) is 0 Å². The molecule has 3 heterocycles. The number of hydrogen-bond donors (Lipinski definition) is 1. The quantitative estimate of drug-likeness (QED) is 0.531. The lowest BCUT2D eigenvalue weighted by molar-refractivity contribution is 0.0953. The van der Waals surface area contributed by atoms with Crippen LogP contribution in [0.25, 0.3) is 16.7 Å². The van der Waals surface area contributed by atoms with Crippen LogP contribution in [0.15, 0.2) is 47.0 Å². The maximum absolute atomic E-state index is 12.4. The lowest BCUT2D eigenvalue weighted by Crippen LogP contribution is -2.24. The van der Waals surface area contributed by atoms with Crippen molar-refractivity contribution < 1.29 is 9.21 Å². The van der Waals surface area contributed by atoms with Gasteiger partial charge in [-0.15, -0.1) is 10.2 Å². The van der Waals surface area contributed by atoms with E-state index in [1.54, 1.807) is 18.2 Å². The molecule has 0 bridgehead atoms. The number of carbonyl (C=O) groups is 1. The standard InChI is InChI=1S/C20H21N5O2/c1-13(2)20-22-15-12-14(8-9-16(15)27-20)19(26)21-10-5-7-18-24-23-17-6-3-4-11-25(17)18/h3-4,6,8-9,11-13H,5,7,10H2,1-2H3,(H,21,26). The van der Waals surface area contributed by atoms with Crippen molar-refractivity contribution in [2.75, 3.05) is 6.54 Å². The molecule has 0 aliphatic carbocycles. The molecule has 0 fully saturated rings. The van der Waals surface area contributed by atoms with Crippen molar-refractivity contribution in [3.05, 3.63) is 59.9 Å². The van der Waals surface area contributed by atoms with E-state index in [2.05, 4.69) is 20.5 Å². The second-order valence-corrected chi connectivity index (χ2v) is 6.79. The number of fused-ring (bicyclic) bond motifs is 2. The van der Waals surface area contributed by atoms with Crippen molar-refractivity contribution in [2.45, 2.75) is 32.6 Å². The zero-order chi connectivity index (χ0) is 18.8. The van der Waals surface area contributed by atoms with E-state index >= 15 is 0 Å². The fourth-order valence-electron chi connectivity index (χ4n) is 2.95. The zero-order valence-corrected chi connectivity index (χ0v) is 15.3. The highest BCUT2D eigenvalue weighted by molar-refractivity contribution is 5.97. The topological polar surface area (TPSA) is 85.3 Å². The van der Waals surface area contributed by atoms with Crippen LogP contribution in [0, 0.1) is 0 Å². The van der Waals surface area contributed by atoms with E-state index < -0.39 is 0 Å². The number of aromatic nitrogens is 4. The van der Waals surface area contributed by atoms with Crippen molar-refractivity contribution in [2.24, 2.45) is 0 Å². The molecule has 0 spiro atoms. The first-order valence-corrected chi connectivity index (χ1v) is 9.09. The van der Waals surface area contributed by atoms with Crippen molar-refractivity contribution >= 4 is 22.7 Å². The summed E-state index contributed by atoms with van der Waals surface area (Å²) < 4.78 is 7.65. The predicted octanol–water partition coefficient (Wildman–Crippen LogP) is 3.36. The summed E-state index contributed by atoms with van der Waals surface area (Å²) in [4.78, 5) is 16.8. The van der Waals surface area contributed by atoms with Crippen LogP contribution in [-0.4, -0.2) is 32.0 Å². The van der Waals surface area contributed by atoms with Gasteiger partial charge in [0.15, 0.2) is 17.1 Å². The Morgan fingerprint density at radius 3 is 2.96 bits per heavy atom. The molecule has 0 aliphatic rings. The summed E-state index contributed by atoms with van der Waals surface area (Å²) in [6, 6.07) is 11.1. The Labute approximate surface area is 156 Å². The number of aryl methyl sites for hydroxylation is 1. The van der Waals surface area contributed by atoms with Gasteiger partial charge in [-0.25, -0.2) is 4.98 Å². The summed E-state index contributed by atoms with van der Waals surface area (Å²) >= 11 is 0. The molecule has 1 N–H and O–H groups in total. The highest BCUT2D eigenvalue weighted by Crippen LogP contribution is 2.22. The summed E-state index contributed by atoms with van der Waals surface area (Å²) in [5.74, 6) is 1.67. The minimum Gasteiger partial charge on any atom is -0.440 e. The first kappa shape index (κ1) is 17.2. The Morgan fingerprint density at radius 1 is 1.22 bits per heavy atom. The van der Waals surface area contributed by atoms with Crippen LogP contribution in [0.2, 0.25) is 0 Å². The third kappa shape index (κ3) is 3.53. The van der Waals surface area contributed by atoms with E-state index in [4.69, 9.17) is 4.42 Å². The predicted molar refractivity (Wildman–Crippen MR) is 102 cm³/mol. The van der Waals surface area contributed by atoms with Gasteiger partial charge in [0, 0.05) is 30.6 Å². The molecule has 4 rings (SSSR count). The molecule has 138 valence electrons. The molecule has 7 nitrogen and oxygen atoms in total. The summed E-state index contributed by atoms with van der Waals surface area (Å²) in [6.07, 6.45) is 3.47. The van der Waals surface area contributed by atoms with E-state index in [0.717, 1.165) is 24.3 Å². The minimum atomic E-state index is -0.114. The molecular weight excluding hydrogens is 342 g/mol. The minimum absolute atomic E-state index is 0.114. The Balaban J connectivity index is 1.35. The van der Waals surface area contributed by atoms with E-state index in [0.29, 0.717) is 29.1 Å². The van der Waals surface area contributed by atoms with Crippen LogP contribution < -0.4 is 5.32 Å². The molecule has 3 aromatic heterocycles. The highest BCUT2D eigenvalue weighted by Gasteiger charge is 2.12. The number of carbonyl (C=O) groups excluding carboxylic acids is 1. The summed E-state index contributed by atoms with van der Waals surface area (Å²) in [7, 11) is 0. The van der Waals surface area contributed by atoms with Gasteiger partial charge in [-0.05, 0) is 36.8 Å². The van der Waals surface area contributed by atoms with Crippen LogP contribution in [0.1, 0.15) is 48.3 Å². The monoisotopic (exact) mass is 363 g/mol. The number of oxazole rings is 1. The summed E-state index contributed by atoms with van der Waals surface area (Å²) in [5, 5.41) is 11.3. The van der Waals surface area contributed by atoms with Gasteiger partial charge in [-0.3, -0.25) is 9.20 Å². The SMILES string of the molecule is CC(C)c1nc2cc(C(=O)NCCCc3nnc4ccccn34)ccc2o1. The van der Waals surface area contributed by atoms with E-state index in [1.165, 1.54) is 0 Å². The van der Waals surface area contributed by atoms with Crippen LogP contribution in [0.5, 0.6) is 0 Å². The lowest BCUT2D eigenvalue weighted by Gasteiger charge is -2.05. The van der Waals surface area contributed by atoms with Crippen LogP contribution in [-0.2, 0) is 6.42 Å². The van der Waals surface area contributed by atoms with Gasteiger partial charge >= 0.3 is 0 Å². The lowest BCUT2D eigenvalue weighted by atomic mass is 10.2. The molecular formula is C20H21N5O2. The van der Waals surface area contributed by atoms with E-state index in [1.807, 2.05) is 42.6 Å². The van der Waals surface area contributed by atoms with Gasteiger partial charge in [0.05, 0.1) is 0 Å². The number of amides is 1. The molecule has 27 heavy (non-hydrogen) atoms. The van der Waals surface area contributed by atoms with Gasteiger partial charge in [0.2, 0.25) is 0 Å². The average molecular weight is 363 g/mol. The van der Waals surface area contributed by atoms with Crippen molar-refractivity contribution in [3.63, 3.8) is 0 Å². The highest BCUT2D eigenvalue weighted by atomic mass is 16.3. The van der Waals surface area contributed by atoms with Crippen molar-refractivity contribution in [3.8, 4) is 0 Å². The summed E-state index contributed by atoms with van der Waals surface area (Å²) in [6.45, 7) is 4.61. The van der Waals surface area contributed by atoms with Crippen molar-refractivity contribution in [1.82, 2.24) is 24.9 Å². The maximum Gasteiger partial charge on any atom is 0.251 e. The van der Waals surface area contributed by atoms with E-state index in [9.17, 15) is 4.79 Å². The largest absolute Gasteiger partial charge is 0.440 e. The Hall–Kier alpha value is -3.22. The molecule has 0 saturated carbocycles. The zero-order valence-electron chi connectivity index (χ0n) is 15.3. The average Bonchev–Trinajstić information content (AvgIpc) is 3.28. The third-order valence-corrected chi connectivity index (χ3v) is 4.41. The normalized spacial score (nSPS) is 11.5. The fraction of sp³-hybridized carbons (Fsp3) is 0.300. The molecule has 0 atom stereocenters. The van der Waals surface area contributed by atoms with Crippen molar-refractivity contribution in [1.29, 1.82) is 0 Å². The number of hydrogen-bond acceptors (Lipinski definition) is 5. The molecule has 7 heteroatoms. The Kier molecular flexibility index (Phi) is 4.58. The maximum atomic E-state index is 12.4. The van der Waals surface area contributed by atoms with Gasteiger partial charge in [-0.2, -0.15) is 0 Å². The first-order valence-electron chi connectivity index (χ1n) is 9.09. The number of pyridine rings is 1.